The zero-order valence-electron chi connectivity index (χ0n) is 16.1. The predicted molar refractivity (Wildman–Crippen MR) is 113 cm³/mol. The highest BCUT2D eigenvalue weighted by Crippen LogP contribution is 2.42. The molecule has 0 fully saturated rings. The van der Waals surface area contributed by atoms with E-state index < -0.39 is 6.23 Å². The van der Waals surface area contributed by atoms with Crippen molar-refractivity contribution in [3.8, 4) is 28.6 Å². The first-order valence-electron chi connectivity index (χ1n) is 8.96. The third-order valence-corrected chi connectivity index (χ3v) is 5.44. The van der Waals surface area contributed by atoms with Crippen molar-refractivity contribution in [1.29, 1.82) is 0 Å². The number of hydrogen-bond donors (Lipinski definition) is 1. The van der Waals surface area contributed by atoms with Crippen LogP contribution in [-0.2, 0) is 0 Å². The number of para-hydroxylation sites is 1. The van der Waals surface area contributed by atoms with E-state index in [9.17, 15) is 0 Å². The summed E-state index contributed by atoms with van der Waals surface area (Å²) in [5, 5.41) is 13.0. The van der Waals surface area contributed by atoms with E-state index in [1.807, 2.05) is 31.2 Å². The summed E-state index contributed by atoms with van der Waals surface area (Å²) in [5.74, 6) is 2.32. The Morgan fingerprint density at radius 1 is 1.14 bits per heavy atom. The predicted octanol–water partition coefficient (Wildman–Crippen LogP) is 4.82. The molecule has 1 aliphatic heterocycles. The molecule has 0 amide bonds. The van der Waals surface area contributed by atoms with E-state index in [0.717, 1.165) is 17.0 Å². The number of fused-ring (bicyclic) bond motifs is 3. The average Bonchev–Trinajstić information content (AvgIpc) is 2.90. The van der Waals surface area contributed by atoms with Crippen molar-refractivity contribution in [3.63, 3.8) is 0 Å². The van der Waals surface area contributed by atoms with Crippen LogP contribution in [0.3, 0.4) is 0 Å². The molecule has 7 nitrogen and oxygen atoms in total. The fourth-order valence-electron chi connectivity index (χ4n) is 3.05. The van der Waals surface area contributed by atoms with E-state index in [1.54, 1.807) is 26.4 Å². The lowest BCUT2D eigenvalue weighted by atomic mass is 10.1. The Balaban J connectivity index is 1.84. The van der Waals surface area contributed by atoms with Crippen LogP contribution in [0.2, 0.25) is 5.02 Å². The fourth-order valence-corrected chi connectivity index (χ4v) is 3.81. The van der Waals surface area contributed by atoms with Crippen molar-refractivity contribution in [1.82, 2.24) is 15.2 Å². The highest BCUT2D eigenvalue weighted by Gasteiger charge is 2.28. The molecule has 0 unspecified atom stereocenters. The van der Waals surface area contributed by atoms with Crippen LogP contribution < -0.4 is 19.5 Å². The number of hydrogen-bond acceptors (Lipinski definition) is 8. The smallest absolute Gasteiger partial charge is 0.247 e. The Morgan fingerprint density at radius 2 is 1.90 bits per heavy atom. The standard InChI is InChI=1S/C20H19ClN4O3S/c1-4-29-20-23-19-17(24-25-20)11-7-5-6-8-14(11)22-18(28-19)12-9-15(26-2)16(27-3)10-13(12)21/h5-10,18,22H,4H2,1-3H3/t18-/m0/s1. The van der Waals surface area contributed by atoms with Crippen molar-refractivity contribution < 1.29 is 14.2 Å². The zero-order chi connectivity index (χ0) is 20.4. The van der Waals surface area contributed by atoms with Crippen molar-refractivity contribution in [2.45, 2.75) is 18.3 Å². The lowest BCUT2D eigenvalue weighted by Crippen LogP contribution is -2.18. The van der Waals surface area contributed by atoms with Gasteiger partial charge in [-0.2, -0.15) is 4.98 Å². The second-order valence-corrected chi connectivity index (χ2v) is 7.74. The summed E-state index contributed by atoms with van der Waals surface area (Å²) in [6, 6.07) is 11.3. The second kappa shape index (κ2) is 8.34. The third-order valence-electron chi connectivity index (χ3n) is 4.39. The van der Waals surface area contributed by atoms with Crippen LogP contribution in [0.1, 0.15) is 18.7 Å². The molecule has 29 heavy (non-hydrogen) atoms. The molecule has 0 bridgehead atoms. The van der Waals surface area contributed by atoms with Gasteiger partial charge in [-0.1, -0.05) is 48.5 Å². The molecule has 150 valence electrons. The van der Waals surface area contributed by atoms with Gasteiger partial charge in [-0.15, -0.1) is 10.2 Å². The summed E-state index contributed by atoms with van der Waals surface area (Å²) in [4.78, 5) is 4.57. The maximum absolute atomic E-state index is 6.55. The number of halogens is 1. The molecule has 9 heteroatoms. The van der Waals surface area contributed by atoms with Gasteiger partial charge in [0, 0.05) is 22.9 Å². The minimum atomic E-state index is -0.610. The van der Waals surface area contributed by atoms with Crippen LogP contribution >= 0.6 is 23.4 Å². The van der Waals surface area contributed by atoms with Gasteiger partial charge in [0.2, 0.25) is 11.0 Å². The van der Waals surface area contributed by atoms with E-state index in [1.165, 1.54) is 11.8 Å². The van der Waals surface area contributed by atoms with E-state index in [0.29, 0.717) is 38.8 Å². The van der Waals surface area contributed by atoms with Gasteiger partial charge in [0.15, 0.2) is 23.4 Å². The quantitative estimate of drug-likeness (QED) is 0.577. The van der Waals surface area contributed by atoms with Crippen LogP contribution in [0, 0.1) is 0 Å². The summed E-state index contributed by atoms with van der Waals surface area (Å²) in [7, 11) is 3.14. The average molecular weight is 431 g/mol. The number of ether oxygens (including phenoxy) is 3. The highest BCUT2D eigenvalue weighted by atomic mass is 35.5. The molecular formula is C20H19ClN4O3S. The number of thioether (sulfide) groups is 1. The first kappa shape index (κ1) is 19.6. The molecule has 0 saturated carbocycles. The molecule has 3 aromatic rings. The molecule has 2 aromatic carbocycles. The van der Waals surface area contributed by atoms with Crippen molar-refractivity contribution >= 4 is 29.1 Å². The van der Waals surface area contributed by atoms with Gasteiger partial charge in [0.05, 0.1) is 19.2 Å². The zero-order valence-corrected chi connectivity index (χ0v) is 17.7. The monoisotopic (exact) mass is 430 g/mol. The number of benzene rings is 2. The largest absolute Gasteiger partial charge is 0.493 e. The fraction of sp³-hybridized carbons (Fsp3) is 0.250. The summed E-state index contributed by atoms with van der Waals surface area (Å²) >= 11 is 8.05. The highest BCUT2D eigenvalue weighted by molar-refractivity contribution is 7.99. The van der Waals surface area contributed by atoms with Crippen molar-refractivity contribution in [2.24, 2.45) is 0 Å². The third kappa shape index (κ3) is 3.77. The second-order valence-electron chi connectivity index (χ2n) is 6.10. The molecule has 4 rings (SSSR count). The molecular weight excluding hydrogens is 412 g/mol. The molecule has 2 heterocycles. The molecule has 1 N–H and O–H groups in total. The molecule has 1 aliphatic rings. The molecule has 1 atom stereocenters. The van der Waals surface area contributed by atoms with Gasteiger partial charge in [-0.05, 0) is 17.9 Å². The lowest BCUT2D eigenvalue weighted by molar-refractivity contribution is 0.224. The Labute approximate surface area is 177 Å². The van der Waals surface area contributed by atoms with E-state index in [2.05, 4.69) is 20.5 Å². The van der Waals surface area contributed by atoms with E-state index in [4.69, 9.17) is 25.8 Å². The van der Waals surface area contributed by atoms with Crippen LogP contribution in [0.15, 0.2) is 41.6 Å². The number of rotatable bonds is 5. The van der Waals surface area contributed by atoms with E-state index in [-0.39, 0.29) is 0 Å². The summed E-state index contributed by atoms with van der Waals surface area (Å²) < 4.78 is 17.0. The van der Waals surface area contributed by atoms with Crippen molar-refractivity contribution in [2.75, 3.05) is 25.3 Å². The molecule has 0 aliphatic carbocycles. The maximum Gasteiger partial charge on any atom is 0.247 e. The maximum atomic E-state index is 6.55. The van der Waals surface area contributed by atoms with Gasteiger partial charge in [0.1, 0.15) is 0 Å². The number of anilines is 1. The minimum absolute atomic E-state index is 0.393. The Kier molecular flexibility index (Phi) is 5.64. The Morgan fingerprint density at radius 3 is 2.66 bits per heavy atom. The molecule has 0 saturated heterocycles. The minimum Gasteiger partial charge on any atom is -0.493 e. The summed E-state index contributed by atoms with van der Waals surface area (Å²) in [5.41, 5.74) is 2.96. The molecule has 1 aromatic heterocycles. The van der Waals surface area contributed by atoms with Crippen LogP contribution in [0.5, 0.6) is 17.4 Å². The van der Waals surface area contributed by atoms with Gasteiger partial charge >= 0.3 is 0 Å². The lowest BCUT2D eigenvalue weighted by Gasteiger charge is -2.21. The van der Waals surface area contributed by atoms with E-state index >= 15 is 0 Å². The summed E-state index contributed by atoms with van der Waals surface area (Å²) in [6.45, 7) is 2.03. The van der Waals surface area contributed by atoms with Crippen LogP contribution in [0.4, 0.5) is 5.69 Å². The number of methoxy groups -OCH3 is 2. The molecule has 0 spiro atoms. The number of nitrogens with one attached hydrogen (secondary N) is 1. The first-order valence-corrected chi connectivity index (χ1v) is 10.3. The van der Waals surface area contributed by atoms with Gasteiger partial charge in [-0.3, -0.25) is 0 Å². The van der Waals surface area contributed by atoms with Crippen LogP contribution in [0.25, 0.3) is 11.3 Å². The Bertz CT molecular complexity index is 1050. The van der Waals surface area contributed by atoms with Gasteiger partial charge in [-0.25, -0.2) is 0 Å². The summed E-state index contributed by atoms with van der Waals surface area (Å²) in [6.07, 6.45) is -0.610. The first-order chi connectivity index (χ1) is 14.1. The Hall–Kier alpha value is -2.71. The SMILES string of the molecule is CCSc1nnc2c(n1)O[C@@H](c1cc(OC)c(OC)cc1Cl)Nc1ccccc1-2. The number of aromatic nitrogens is 3. The van der Waals surface area contributed by atoms with Gasteiger partial charge in [0.25, 0.3) is 0 Å². The normalized spacial score (nSPS) is 14.7. The van der Waals surface area contributed by atoms with Crippen molar-refractivity contribution in [3.05, 3.63) is 47.0 Å². The topological polar surface area (TPSA) is 78.4 Å². The number of nitrogens with zero attached hydrogens (tertiary/aromatic N) is 3. The van der Waals surface area contributed by atoms with Crippen LogP contribution in [-0.4, -0.2) is 35.2 Å². The van der Waals surface area contributed by atoms with Gasteiger partial charge < -0.3 is 19.5 Å². The molecule has 0 radical (unpaired) electrons.